The number of carbonyl (C=O) groups is 1. The molecule has 96 valence electrons. The van der Waals surface area contributed by atoms with E-state index >= 15 is 0 Å². The number of halogens is 1. The van der Waals surface area contributed by atoms with Gasteiger partial charge < -0.3 is 10.3 Å². The van der Waals surface area contributed by atoms with Gasteiger partial charge in [-0.25, -0.2) is 4.98 Å². The average molecular weight is 274 g/mol. The molecule has 0 aliphatic rings. The monoisotopic (exact) mass is 273 g/mol. The van der Waals surface area contributed by atoms with Crippen molar-refractivity contribution in [2.24, 2.45) is 0 Å². The fourth-order valence-corrected chi connectivity index (χ4v) is 1.83. The van der Waals surface area contributed by atoms with Crippen molar-refractivity contribution in [1.29, 1.82) is 0 Å². The fraction of sp³-hybridized carbons (Fsp3) is 0.143. The molecule has 0 saturated heterocycles. The number of nitrogens with one attached hydrogen (secondary N) is 2. The Morgan fingerprint density at radius 3 is 3.05 bits per heavy atom. The lowest BCUT2D eigenvalue weighted by atomic mass is 10.1. The Hall–Kier alpha value is -2.25. The maximum Gasteiger partial charge on any atom is 0.252 e. The van der Waals surface area contributed by atoms with E-state index in [4.69, 9.17) is 18.0 Å². The summed E-state index contributed by atoms with van der Waals surface area (Å²) in [5, 5.41) is 3.32. The first-order valence-corrected chi connectivity index (χ1v) is 6.10. The predicted molar refractivity (Wildman–Crippen MR) is 74.0 cm³/mol. The van der Waals surface area contributed by atoms with Crippen LogP contribution in [-0.4, -0.2) is 22.4 Å². The molecule has 19 heavy (non-hydrogen) atoms. The van der Waals surface area contributed by atoms with Gasteiger partial charge in [0.25, 0.3) is 5.91 Å². The molecule has 0 unspecified atom stereocenters. The number of nitrogens with zero attached hydrogens (tertiary/aromatic N) is 1. The van der Waals surface area contributed by atoms with Gasteiger partial charge in [0.05, 0.1) is 11.9 Å². The van der Waals surface area contributed by atoms with E-state index in [0.29, 0.717) is 29.1 Å². The molecule has 1 aromatic heterocycles. The summed E-state index contributed by atoms with van der Waals surface area (Å²) < 4.78 is 0. The summed E-state index contributed by atoms with van der Waals surface area (Å²) >= 11 is 5.83. The van der Waals surface area contributed by atoms with Gasteiger partial charge in [-0.05, 0) is 18.2 Å². The van der Waals surface area contributed by atoms with Crippen molar-refractivity contribution in [3.8, 4) is 12.3 Å². The lowest BCUT2D eigenvalue weighted by Gasteiger charge is -2.06. The summed E-state index contributed by atoms with van der Waals surface area (Å²) in [6.45, 7) is 0.508. The first-order valence-electron chi connectivity index (χ1n) is 5.72. The molecule has 1 amide bonds. The zero-order chi connectivity index (χ0) is 13.7. The summed E-state index contributed by atoms with van der Waals surface area (Å²) in [4.78, 5) is 18.9. The van der Waals surface area contributed by atoms with E-state index in [-0.39, 0.29) is 5.91 Å². The number of imidazole rings is 1. The largest absolute Gasteiger partial charge is 0.352 e. The van der Waals surface area contributed by atoms with E-state index in [9.17, 15) is 4.79 Å². The Morgan fingerprint density at radius 2 is 2.37 bits per heavy atom. The third kappa shape index (κ3) is 3.36. The molecule has 2 N–H and O–H groups in total. The third-order valence-electron chi connectivity index (χ3n) is 2.62. The summed E-state index contributed by atoms with van der Waals surface area (Å²) in [5.74, 6) is 2.26. The Bertz CT molecular complexity index is 614. The summed E-state index contributed by atoms with van der Waals surface area (Å²) in [6.07, 6.45) is 9.37. The third-order valence-corrected chi connectivity index (χ3v) is 2.85. The highest BCUT2D eigenvalue weighted by atomic mass is 35.5. The van der Waals surface area contributed by atoms with Crippen molar-refractivity contribution < 1.29 is 4.79 Å². The number of amides is 1. The van der Waals surface area contributed by atoms with Gasteiger partial charge in [0.2, 0.25) is 0 Å². The van der Waals surface area contributed by atoms with Gasteiger partial charge in [0.1, 0.15) is 0 Å². The first kappa shape index (κ1) is 13.2. The SMILES string of the molecule is C#Cc1cc(Cl)ccc1C(=O)NCCc1cnc[nH]1. The Morgan fingerprint density at radius 1 is 1.53 bits per heavy atom. The highest BCUT2D eigenvalue weighted by molar-refractivity contribution is 6.30. The molecule has 0 fully saturated rings. The van der Waals surface area contributed by atoms with Gasteiger partial charge in [0, 0.05) is 35.4 Å². The fourth-order valence-electron chi connectivity index (χ4n) is 1.66. The number of H-pyrrole nitrogens is 1. The average Bonchev–Trinajstić information content (AvgIpc) is 2.91. The van der Waals surface area contributed by atoms with E-state index in [1.165, 1.54) is 0 Å². The van der Waals surface area contributed by atoms with Crippen LogP contribution in [0.25, 0.3) is 0 Å². The quantitative estimate of drug-likeness (QED) is 0.838. The zero-order valence-corrected chi connectivity index (χ0v) is 10.9. The molecule has 1 heterocycles. The van der Waals surface area contributed by atoms with Crippen LogP contribution < -0.4 is 5.32 Å². The number of aromatic nitrogens is 2. The maximum atomic E-state index is 12.0. The van der Waals surface area contributed by atoms with Crippen LogP contribution in [0, 0.1) is 12.3 Å². The summed E-state index contributed by atoms with van der Waals surface area (Å²) in [5.41, 5.74) is 1.91. The molecule has 0 saturated carbocycles. The van der Waals surface area contributed by atoms with E-state index in [0.717, 1.165) is 5.69 Å². The van der Waals surface area contributed by atoms with Crippen molar-refractivity contribution in [2.75, 3.05) is 6.54 Å². The normalized spacial score (nSPS) is 9.89. The van der Waals surface area contributed by atoms with Crippen LogP contribution in [-0.2, 0) is 6.42 Å². The molecule has 0 aliphatic carbocycles. The molecule has 5 heteroatoms. The van der Waals surface area contributed by atoms with Crippen LogP contribution in [0.15, 0.2) is 30.7 Å². The van der Waals surface area contributed by atoms with E-state index < -0.39 is 0 Å². The van der Waals surface area contributed by atoms with Gasteiger partial charge in [-0.15, -0.1) is 6.42 Å². The number of hydrogen-bond donors (Lipinski definition) is 2. The molecule has 1 aromatic carbocycles. The van der Waals surface area contributed by atoms with Crippen LogP contribution in [0.2, 0.25) is 5.02 Å². The van der Waals surface area contributed by atoms with E-state index in [1.54, 1.807) is 30.7 Å². The van der Waals surface area contributed by atoms with Crippen molar-refractivity contribution in [3.05, 3.63) is 52.6 Å². The molecular formula is C14H12ClN3O. The standard InChI is InChI=1S/C14H12ClN3O/c1-2-10-7-11(15)3-4-13(10)14(19)17-6-5-12-8-16-9-18-12/h1,3-4,7-9H,5-6H2,(H,16,18)(H,17,19). The summed E-state index contributed by atoms with van der Waals surface area (Å²) in [7, 11) is 0. The van der Waals surface area contributed by atoms with E-state index in [1.807, 2.05) is 0 Å². The highest BCUT2D eigenvalue weighted by Crippen LogP contribution is 2.15. The number of aromatic amines is 1. The number of benzene rings is 1. The molecule has 0 radical (unpaired) electrons. The van der Waals surface area contributed by atoms with Crippen LogP contribution in [0.5, 0.6) is 0 Å². The van der Waals surface area contributed by atoms with Gasteiger partial charge in [-0.2, -0.15) is 0 Å². The Balaban J connectivity index is 1.98. The Labute approximate surface area is 116 Å². The number of hydrogen-bond acceptors (Lipinski definition) is 2. The lowest BCUT2D eigenvalue weighted by Crippen LogP contribution is -2.26. The topological polar surface area (TPSA) is 57.8 Å². The van der Waals surface area contributed by atoms with Gasteiger partial charge in [-0.1, -0.05) is 17.5 Å². The second-order valence-electron chi connectivity index (χ2n) is 3.92. The molecule has 2 rings (SSSR count). The molecule has 4 nitrogen and oxygen atoms in total. The molecular weight excluding hydrogens is 262 g/mol. The van der Waals surface area contributed by atoms with Crippen molar-refractivity contribution in [2.45, 2.75) is 6.42 Å². The Kier molecular flexibility index (Phi) is 4.22. The summed E-state index contributed by atoms with van der Waals surface area (Å²) in [6, 6.07) is 4.88. The van der Waals surface area contributed by atoms with Gasteiger partial charge in [-0.3, -0.25) is 4.79 Å². The van der Waals surface area contributed by atoms with Crippen molar-refractivity contribution >= 4 is 17.5 Å². The lowest BCUT2D eigenvalue weighted by molar-refractivity contribution is 0.0954. The van der Waals surface area contributed by atoms with Crippen LogP contribution >= 0.6 is 11.6 Å². The van der Waals surface area contributed by atoms with Gasteiger partial charge in [0.15, 0.2) is 0 Å². The van der Waals surface area contributed by atoms with Crippen LogP contribution in [0.4, 0.5) is 0 Å². The molecule has 0 bridgehead atoms. The smallest absolute Gasteiger partial charge is 0.252 e. The van der Waals surface area contributed by atoms with Gasteiger partial charge >= 0.3 is 0 Å². The molecule has 0 spiro atoms. The second-order valence-corrected chi connectivity index (χ2v) is 4.35. The maximum absolute atomic E-state index is 12.0. The first-order chi connectivity index (χ1) is 9.20. The van der Waals surface area contributed by atoms with Crippen LogP contribution in [0.3, 0.4) is 0 Å². The molecule has 0 atom stereocenters. The molecule has 0 aliphatic heterocycles. The highest BCUT2D eigenvalue weighted by Gasteiger charge is 2.10. The predicted octanol–water partition coefficient (Wildman–Crippen LogP) is 2.02. The second kappa shape index (κ2) is 6.07. The minimum absolute atomic E-state index is 0.205. The number of rotatable bonds is 4. The minimum Gasteiger partial charge on any atom is -0.352 e. The zero-order valence-electron chi connectivity index (χ0n) is 10.1. The minimum atomic E-state index is -0.205. The van der Waals surface area contributed by atoms with Crippen molar-refractivity contribution in [1.82, 2.24) is 15.3 Å². The molecule has 2 aromatic rings. The number of terminal acetylenes is 1. The number of carbonyl (C=O) groups excluding carboxylic acids is 1. The van der Waals surface area contributed by atoms with Crippen LogP contribution in [0.1, 0.15) is 21.6 Å². The van der Waals surface area contributed by atoms with E-state index in [2.05, 4.69) is 21.2 Å². The van der Waals surface area contributed by atoms with Crippen molar-refractivity contribution in [3.63, 3.8) is 0 Å².